The Hall–Kier alpha value is -4.01. The van der Waals surface area contributed by atoms with Crippen LogP contribution >= 0.6 is 0 Å². The molecule has 30 heavy (non-hydrogen) atoms. The number of rotatable bonds is 6. The minimum atomic E-state index is -0.441. The van der Waals surface area contributed by atoms with Crippen molar-refractivity contribution >= 4 is 17.2 Å². The van der Waals surface area contributed by atoms with E-state index in [1.54, 1.807) is 43.6 Å². The SMILES string of the molecule is COc1cccc(NC(=O)CCc2nnc3c(=O)n(-c4cccc(F)c4)ccn23)c1. The number of nitrogens with zero attached hydrogens (tertiary/aromatic N) is 4. The summed E-state index contributed by atoms with van der Waals surface area (Å²) in [4.78, 5) is 25.0. The molecule has 0 radical (unpaired) electrons. The number of anilines is 1. The molecular weight excluding hydrogens is 389 g/mol. The first-order valence-electron chi connectivity index (χ1n) is 9.20. The number of nitrogens with one attached hydrogen (secondary N) is 1. The molecule has 9 heteroatoms. The number of carbonyl (C=O) groups excluding carboxylic acids is 1. The molecule has 2 heterocycles. The van der Waals surface area contributed by atoms with Crippen molar-refractivity contribution in [3.8, 4) is 11.4 Å². The summed E-state index contributed by atoms with van der Waals surface area (Å²) in [6.45, 7) is 0. The van der Waals surface area contributed by atoms with Crippen LogP contribution < -0.4 is 15.6 Å². The first-order chi connectivity index (χ1) is 14.5. The van der Waals surface area contributed by atoms with Gasteiger partial charge >= 0.3 is 5.56 Å². The minimum Gasteiger partial charge on any atom is -0.497 e. The van der Waals surface area contributed by atoms with Crippen LogP contribution in [-0.4, -0.2) is 32.2 Å². The van der Waals surface area contributed by atoms with E-state index in [1.165, 1.54) is 33.4 Å². The van der Waals surface area contributed by atoms with E-state index in [-0.39, 0.29) is 18.0 Å². The lowest BCUT2D eigenvalue weighted by Crippen LogP contribution is -2.20. The molecule has 2 aromatic heterocycles. The molecule has 0 spiro atoms. The zero-order valence-electron chi connectivity index (χ0n) is 16.1. The number of aryl methyl sites for hydroxylation is 1. The highest BCUT2D eigenvalue weighted by molar-refractivity contribution is 5.90. The Morgan fingerprint density at radius 3 is 2.77 bits per heavy atom. The molecule has 0 saturated carbocycles. The number of amides is 1. The summed E-state index contributed by atoms with van der Waals surface area (Å²) in [5.74, 6) is 0.483. The maximum absolute atomic E-state index is 13.5. The van der Waals surface area contributed by atoms with Gasteiger partial charge in [0.15, 0.2) is 0 Å². The predicted octanol–water partition coefficient (Wildman–Crippen LogP) is 2.60. The molecule has 2 aromatic carbocycles. The van der Waals surface area contributed by atoms with E-state index >= 15 is 0 Å². The van der Waals surface area contributed by atoms with Gasteiger partial charge in [-0.15, -0.1) is 10.2 Å². The number of hydrogen-bond donors (Lipinski definition) is 1. The summed E-state index contributed by atoms with van der Waals surface area (Å²) >= 11 is 0. The number of halogens is 1. The van der Waals surface area contributed by atoms with Gasteiger partial charge in [-0.1, -0.05) is 12.1 Å². The summed E-state index contributed by atoms with van der Waals surface area (Å²) < 4.78 is 21.5. The van der Waals surface area contributed by atoms with Gasteiger partial charge in [-0.2, -0.15) is 0 Å². The third kappa shape index (κ3) is 3.90. The molecule has 1 amide bonds. The number of methoxy groups -OCH3 is 1. The van der Waals surface area contributed by atoms with Crippen LogP contribution in [0.2, 0.25) is 0 Å². The smallest absolute Gasteiger partial charge is 0.300 e. The van der Waals surface area contributed by atoms with Crippen LogP contribution in [-0.2, 0) is 11.2 Å². The third-order valence-corrected chi connectivity index (χ3v) is 4.56. The van der Waals surface area contributed by atoms with Crippen LogP contribution in [0.4, 0.5) is 10.1 Å². The highest BCUT2D eigenvalue weighted by Crippen LogP contribution is 2.17. The molecule has 0 saturated heterocycles. The number of fused-ring (bicyclic) bond motifs is 1. The van der Waals surface area contributed by atoms with Crippen molar-refractivity contribution in [2.45, 2.75) is 12.8 Å². The number of benzene rings is 2. The van der Waals surface area contributed by atoms with Crippen LogP contribution in [0.15, 0.2) is 65.7 Å². The second kappa shape index (κ2) is 8.16. The molecule has 0 atom stereocenters. The summed E-state index contributed by atoms with van der Waals surface area (Å²) in [5.41, 5.74) is 0.695. The molecule has 0 aliphatic rings. The standard InChI is InChI=1S/C21H18FN5O3/c1-30-17-7-3-5-15(13-17)23-19(28)9-8-18-24-25-20-21(29)26(10-11-27(18)20)16-6-2-4-14(22)12-16/h2-7,10-13H,8-9H2,1H3,(H,23,28). The van der Waals surface area contributed by atoms with Crippen molar-refractivity contribution in [3.63, 3.8) is 0 Å². The monoisotopic (exact) mass is 407 g/mol. The Kier molecular flexibility index (Phi) is 5.25. The van der Waals surface area contributed by atoms with Gasteiger partial charge in [0, 0.05) is 37.0 Å². The first-order valence-corrected chi connectivity index (χ1v) is 9.20. The van der Waals surface area contributed by atoms with E-state index in [9.17, 15) is 14.0 Å². The molecule has 1 N–H and O–H groups in total. The molecule has 152 valence electrons. The van der Waals surface area contributed by atoms with Crippen molar-refractivity contribution in [3.05, 3.63) is 82.9 Å². The topological polar surface area (TPSA) is 90.5 Å². The minimum absolute atomic E-state index is 0.102. The second-order valence-corrected chi connectivity index (χ2v) is 6.54. The van der Waals surface area contributed by atoms with E-state index in [1.807, 2.05) is 0 Å². The largest absolute Gasteiger partial charge is 0.497 e. The second-order valence-electron chi connectivity index (χ2n) is 6.54. The molecule has 8 nitrogen and oxygen atoms in total. The molecule has 0 aliphatic carbocycles. The summed E-state index contributed by atoms with van der Waals surface area (Å²) in [7, 11) is 1.56. The lowest BCUT2D eigenvalue weighted by molar-refractivity contribution is -0.116. The molecule has 0 aliphatic heterocycles. The molecule has 0 bridgehead atoms. The van der Waals surface area contributed by atoms with Crippen molar-refractivity contribution in [2.75, 3.05) is 12.4 Å². The van der Waals surface area contributed by atoms with Gasteiger partial charge in [0.25, 0.3) is 0 Å². The zero-order chi connectivity index (χ0) is 21.1. The average molecular weight is 407 g/mol. The van der Waals surface area contributed by atoms with Crippen LogP contribution in [0.1, 0.15) is 12.2 Å². The Morgan fingerprint density at radius 2 is 1.97 bits per heavy atom. The summed E-state index contributed by atoms with van der Waals surface area (Å²) in [6, 6.07) is 12.8. The normalized spacial score (nSPS) is 10.9. The average Bonchev–Trinajstić information content (AvgIpc) is 3.16. The maximum atomic E-state index is 13.5. The van der Waals surface area contributed by atoms with Crippen LogP contribution in [0.3, 0.4) is 0 Å². The molecule has 4 aromatic rings. The van der Waals surface area contributed by atoms with Gasteiger partial charge in [0.1, 0.15) is 17.4 Å². The lowest BCUT2D eigenvalue weighted by Gasteiger charge is -2.07. The Balaban J connectivity index is 1.50. The predicted molar refractivity (Wildman–Crippen MR) is 108 cm³/mol. The van der Waals surface area contributed by atoms with E-state index < -0.39 is 11.4 Å². The number of carbonyl (C=O) groups is 1. The Morgan fingerprint density at radius 1 is 1.13 bits per heavy atom. The van der Waals surface area contributed by atoms with E-state index in [4.69, 9.17) is 4.74 Å². The van der Waals surface area contributed by atoms with E-state index in [0.29, 0.717) is 29.4 Å². The highest BCUT2D eigenvalue weighted by Gasteiger charge is 2.13. The van der Waals surface area contributed by atoms with Gasteiger partial charge < -0.3 is 10.1 Å². The number of ether oxygens (including phenoxy) is 1. The Bertz CT molecular complexity index is 1280. The van der Waals surface area contributed by atoms with Crippen LogP contribution in [0.25, 0.3) is 11.3 Å². The number of aromatic nitrogens is 4. The number of hydrogen-bond acceptors (Lipinski definition) is 5. The van der Waals surface area contributed by atoms with E-state index in [2.05, 4.69) is 15.5 Å². The van der Waals surface area contributed by atoms with Crippen LogP contribution in [0.5, 0.6) is 5.75 Å². The fraction of sp³-hybridized carbons (Fsp3) is 0.143. The molecule has 0 fully saturated rings. The van der Waals surface area contributed by atoms with Crippen molar-refractivity contribution in [2.24, 2.45) is 0 Å². The zero-order valence-corrected chi connectivity index (χ0v) is 16.1. The maximum Gasteiger partial charge on any atom is 0.300 e. The molecule has 0 unspecified atom stereocenters. The third-order valence-electron chi connectivity index (χ3n) is 4.56. The van der Waals surface area contributed by atoms with Crippen molar-refractivity contribution in [1.29, 1.82) is 0 Å². The van der Waals surface area contributed by atoms with Crippen molar-refractivity contribution in [1.82, 2.24) is 19.2 Å². The lowest BCUT2D eigenvalue weighted by atomic mass is 10.2. The fourth-order valence-corrected chi connectivity index (χ4v) is 3.08. The first kappa shape index (κ1) is 19.3. The molecule has 4 rings (SSSR count). The van der Waals surface area contributed by atoms with E-state index in [0.717, 1.165) is 0 Å². The van der Waals surface area contributed by atoms with Crippen LogP contribution in [0, 0.1) is 5.82 Å². The summed E-state index contributed by atoms with van der Waals surface area (Å²) in [5, 5.41) is 10.8. The van der Waals surface area contributed by atoms with Gasteiger partial charge in [-0.3, -0.25) is 18.6 Å². The Labute approximate surface area is 170 Å². The van der Waals surface area contributed by atoms with Gasteiger partial charge in [-0.25, -0.2) is 4.39 Å². The van der Waals surface area contributed by atoms with Gasteiger partial charge in [0.05, 0.1) is 12.8 Å². The van der Waals surface area contributed by atoms with Gasteiger partial charge in [0.2, 0.25) is 11.6 Å². The molecular formula is C21H18FN5O3. The quantitative estimate of drug-likeness (QED) is 0.531. The fourth-order valence-electron chi connectivity index (χ4n) is 3.08. The van der Waals surface area contributed by atoms with Crippen molar-refractivity contribution < 1.29 is 13.9 Å². The highest BCUT2D eigenvalue weighted by atomic mass is 19.1. The van der Waals surface area contributed by atoms with Gasteiger partial charge in [-0.05, 0) is 30.3 Å². The summed E-state index contributed by atoms with van der Waals surface area (Å²) in [6.07, 6.45) is 3.59.